The zero-order valence-corrected chi connectivity index (χ0v) is 13.6. The molecule has 2 aromatic rings. The fourth-order valence-corrected chi connectivity index (χ4v) is 3.53. The molecule has 1 aliphatic carbocycles. The number of halogens is 1. The van der Waals surface area contributed by atoms with Crippen molar-refractivity contribution in [2.45, 2.75) is 44.6 Å². The van der Waals surface area contributed by atoms with Gasteiger partial charge in [0.05, 0.1) is 17.8 Å². The second-order valence-electron chi connectivity index (χ2n) is 5.71. The topological polar surface area (TPSA) is 34.9 Å². The lowest BCUT2D eigenvalue weighted by molar-refractivity contribution is 0.112. The number of aromatic nitrogens is 2. The third-order valence-corrected chi connectivity index (χ3v) is 5.00. The Hall–Kier alpha value is -1.42. The van der Waals surface area contributed by atoms with Gasteiger partial charge in [0, 0.05) is 16.6 Å². The molecule has 1 aromatic carbocycles. The van der Waals surface area contributed by atoms with Crippen LogP contribution in [0.15, 0.2) is 34.9 Å². The molecule has 1 heterocycles. The molecule has 0 saturated heterocycles. The maximum atomic E-state index is 11.3. The Kier molecular flexibility index (Phi) is 4.54. The van der Waals surface area contributed by atoms with Gasteiger partial charge in [-0.25, -0.2) is 0 Å². The maximum Gasteiger partial charge on any atom is 0.153 e. The van der Waals surface area contributed by atoms with Gasteiger partial charge in [0.25, 0.3) is 0 Å². The summed E-state index contributed by atoms with van der Waals surface area (Å²) in [6.07, 6.45) is 8.97. The molecule has 3 rings (SSSR count). The van der Waals surface area contributed by atoms with E-state index in [4.69, 9.17) is 5.10 Å². The Morgan fingerprint density at radius 2 is 2.00 bits per heavy atom. The molecular formula is C17H19BrN2O. The van der Waals surface area contributed by atoms with Crippen molar-refractivity contribution in [1.82, 2.24) is 9.78 Å². The molecule has 0 amide bonds. The predicted octanol–water partition coefficient (Wildman–Crippen LogP) is 4.55. The van der Waals surface area contributed by atoms with E-state index >= 15 is 0 Å². The number of aldehydes is 1. The van der Waals surface area contributed by atoms with E-state index in [1.54, 1.807) is 0 Å². The third-order valence-electron chi connectivity index (χ3n) is 4.23. The number of hydrogen-bond donors (Lipinski definition) is 0. The van der Waals surface area contributed by atoms with Crippen molar-refractivity contribution >= 4 is 22.2 Å². The van der Waals surface area contributed by atoms with Crippen LogP contribution in [0.4, 0.5) is 0 Å². The number of carbonyl (C=O) groups is 1. The van der Waals surface area contributed by atoms with Crippen LogP contribution >= 0.6 is 15.9 Å². The first kappa shape index (κ1) is 14.5. The molecule has 0 aliphatic heterocycles. The van der Waals surface area contributed by atoms with Crippen LogP contribution in [0.25, 0.3) is 0 Å². The summed E-state index contributed by atoms with van der Waals surface area (Å²) < 4.78 is 2.97. The number of carbonyl (C=O) groups excluding carboxylic acids is 1. The van der Waals surface area contributed by atoms with Crippen molar-refractivity contribution in [3.05, 3.63) is 51.8 Å². The number of benzene rings is 1. The summed E-state index contributed by atoms with van der Waals surface area (Å²) >= 11 is 3.56. The van der Waals surface area contributed by atoms with Crippen molar-refractivity contribution in [3.8, 4) is 0 Å². The summed E-state index contributed by atoms with van der Waals surface area (Å²) in [6.45, 7) is 0.689. The van der Waals surface area contributed by atoms with Crippen LogP contribution in [0.2, 0.25) is 0 Å². The van der Waals surface area contributed by atoms with Gasteiger partial charge < -0.3 is 0 Å². The van der Waals surface area contributed by atoms with Crippen LogP contribution in [0.3, 0.4) is 0 Å². The van der Waals surface area contributed by atoms with Crippen molar-refractivity contribution in [1.29, 1.82) is 0 Å². The predicted molar refractivity (Wildman–Crippen MR) is 86.7 cm³/mol. The Morgan fingerprint density at radius 3 is 2.71 bits per heavy atom. The van der Waals surface area contributed by atoms with Gasteiger partial charge in [-0.05, 0) is 24.5 Å². The standard InChI is InChI=1S/C17H19BrN2O/c18-16-9-5-4-8-14(16)10-20-11-15(12-21)17(19-20)13-6-2-1-3-7-13/h4-5,8-9,11-13H,1-3,6-7,10H2. The maximum absolute atomic E-state index is 11.3. The molecule has 110 valence electrons. The molecule has 0 radical (unpaired) electrons. The largest absolute Gasteiger partial charge is 0.298 e. The highest BCUT2D eigenvalue weighted by atomic mass is 79.9. The normalized spacial score (nSPS) is 16.0. The molecule has 3 nitrogen and oxygen atoms in total. The molecule has 0 spiro atoms. The zero-order valence-electron chi connectivity index (χ0n) is 12.0. The van der Waals surface area contributed by atoms with E-state index in [1.165, 1.54) is 24.8 Å². The minimum Gasteiger partial charge on any atom is -0.298 e. The molecule has 0 N–H and O–H groups in total. The third kappa shape index (κ3) is 3.26. The zero-order chi connectivity index (χ0) is 14.7. The van der Waals surface area contributed by atoms with Gasteiger partial charge >= 0.3 is 0 Å². The molecule has 1 saturated carbocycles. The molecule has 4 heteroatoms. The number of hydrogen-bond acceptors (Lipinski definition) is 2. The SMILES string of the molecule is O=Cc1cn(Cc2ccccc2Br)nc1C1CCCCC1. The minimum absolute atomic E-state index is 0.458. The first-order valence-corrected chi connectivity index (χ1v) is 8.33. The average Bonchev–Trinajstić information content (AvgIpc) is 2.93. The lowest BCUT2D eigenvalue weighted by atomic mass is 9.86. The van der Waals surface area contributed by atoms with Crippen LogP contribution in [0.5, 0.6) is 0 Å². The lowest BCUT2D eigenvalue weighted by Crippen LogP contribution is -2.08. The van der Waals surface area contributed by atoms with E-state index in [-0.39, 0.29) is 0 Å². The van der Waals surface area contributed by atoms with Crippen LogP contribution < -0.4 is 0 Å². The minimum atomic E-state index is 0.458. The van der Waals surface area contributed by atoms with E-state index in [0.29, 0.717) is 12.5 Å². The van der Waals surface area contributed by atoms with Gasteiger partial charge in [-0.1, -0.05) is 53.4 Å². The highest BCUT2D eigenvalue weighted by Gasteiger charge is 2.21. The molecule has 0 bridgehead atoms. The average molecular weight is 347 g/mol. The van der Waals surface area contributed by atoms with E-state index in [9.17, 15) is 4.79 Å². The van der Waals surface area contributed by atoms with Gasteiger partial charge in [0.1, 0.15) is 0 Å². The second kappa shape index (κ2) is 6.56. The molecule has 1 fully saturated rings. The summed E-state index contributed by atoms with van der Waals surface area (Å²) in [6, 6.07) is 8.13. The summed E-state index contributed by atoms with van der Waals surface area (Å²) in [5, 5.41) is 4.71. The van der Waals surface area contributed by atoms with E-state index in [2.05, 4.69) is 22.0 Å². The van der Waals surface area contributed by atoms with Crippen molar-refractivity contribution in [3.63, 3.8) is 0 Å². The Morgan fingerprint density at radius 1 is 1.24 bits per heavy atom. The van der Waals surface area contributed by atoms with Gasteiger partial charge in [0.15, 0.2) is 6.29 Å². The fourth-order valence-electron chi connectivity index (χ4n) is 3.12. The summed E-state index contributed by atoms with van der Waals surface area (Å²) in [7, 11) is 0. The monoisotopic (exact) mass is 346 g/mol. The van der Waals surface area contributed by atoms with Crippen LogP contribution in [-0.2, 0) is 6.54 Å². The van der Waals surface area contributed by atoms with Crippen molar-refractivity contribution < 1.29 is 4.79 Å². The lowest BCUT2D eigenvalue weighted by Gasteiger charge is -2.20. The number of rotatable bonds is 4. The van der Waals surface area contributed by atoms with Gasteiger partial charge in [0.2, 0.25) is 0 Å². The summed E-state index contributed by atoms with van der Waals surface area (Å²) in [4.78, 5) is 11.3. The molecule has 21 heavy (non-hydrogen) atoms. The quantitative estimate of drug-likeness (QED) is 0.761. The smallest absolute Gasteiger partial charge is 0.153 e. The first-order chi connectivity index (χ1) is 10.3. The van der Waals surface area contributed by atoms with Crippen molar-refractivity contribution in [2.75, 3.05) is 0 Å². The molecular weight excluding hydrogens is 328 g/mol. The summed E-state index contributed by atoms with van der Waals surface area (Å²) in [5.41, 5.74) is 2.93. The van der Waals surface area contributed by atoms with Crippen LogP contribution in [0, 0.1) is 0 Å². The molecule has 1 aliphatic rings. The second-order valence-corrected chi connectivity index (χ2v) is 6.57. The Balaban J connectivity index is 1.85. The van der Waals surface area contributed by atoms with E-state index in [0.717, 1.165) is 34.9 Å². The summed E-state index contributed by atoms with van der Waals surface area (Å²) in [5.74, 6) is 0.458. The highest BCUT2D eigenvalue weighted by Crippen LogP contribution is 2.33. The first-order valence-electron chi connectivity index (χ1n) is 7.54. The van der Waals surface area contributed by atoms with Crippen molar-refractivity contribution in [2.24, 2.45) is 0 Å². The fraction of sp³-hybridized carbons (Fsp3) is 0.412. The number of nitrogens with zero attached hydrogens (tertiary/aromatic N) is 2. The van der Waals surface area contributed by atoms with Gasteiger partial charge in [-0.3, -0.25) is 9.48 Å². The van der Waals surface area contributed by atoms with E-state index in [1.807, 2.05) is 29.1 Å². The molecule has 0 unspecified atom stereocenters. The Labute approximate surface area is 133 Å². The van der Waals surface area contributed by atoms with E-state index < -0.39 is 0 Å². The van der Waals surface area contributed by atoms with Gasteiger partial charge in [-0.2, -0.15) is 5.10 Å². The Bertz CT molecular complexity index is 629. The van der Waals surface area contributed by atoms with Gasteiger partial charge in [-0.15, -0.1) is 0 Å². The van der Waals surface area contributed by atoms with Crippen LogP contribution in [-0.4, -0.2) is 16.1 Å². The van der Waals surface area contributed by atoms with Crippen LogP contribution in [0.1, 0.15) is 59.6 Å². The molecule has 1 aromatic heterocycles. The highest BCUT2D eigenvalue weighted by molar-refractivity contribution is 9.10. The molecule has 0 atom stereocenters.